The molecule has 0 spiro atoms. The van der Waals surface area contributed by atoms with Gasteiger partial charge in [-0.1, -0.05) is 107 Å². The molecule has 1 N–H and O–H groups in total. The number of aliphatic hydroxyl groups is 1. The molecule has 0 bridgehead atoms. The van der Waals surface area contributed by atoms with Crippen molar-refractivity contribution in [3.63, 3.8) is 0 Å². The lowest BCUT2D eigenvalue weighted by Gasteiger charge is -2.44. The van der Waals surface area contributed by atoms with E-state index in [1.54, 1.807) is 0 Å². The van der Waals surface area contributed by atoms with Crippen molar-refractivity contribution in [1.82, 2.24) is 0 Å². The summed E-state index contributed by atoms with van der Waals surface area (Å²) in [6.45, 7) is 1.78. The van der Waals surface area contributed by atoms with E-state index in [1.165, 1.54) is 0 Å². The minimum atomic E-state index is -1.03. The number of alkyl halides is 1. The van der Waals surface area contributed by atoms with Gasteiger partial charge in [0.05, 0.1) is 33.0 Å². The van der Waals surface area contributed by atoms with E-state index in [4.69, 9.17) is 23.7 Å². The zero-order chi connectivity index (χ0) is 25.0. The Hall–Kier alpha value is -2.10. The summed E-state index contributed by atoms with van der Waals surface area (Å²) in [5.41, 5.74) is 3.10. The summed E-state index contributed by atoms with van der Waals surface area (Å²) in [4.78, 5) is 0. The van der Waals surface area contributed by atoms with Crippen molar-refractivity contribution in [3.8, 4) is 0 Å². The topological polar surface area (TPSA) is 66.4 Å². The molecule has 0 saturated carbocycles. The molecule has 5 unspecified atom stereocenters. The summed E-state index contributed by atoms with van der Waals surface area (Å²) >= 11 is 3.38. The van der Waals surface area contributed by atoms with Crippen molar-refractivity contribution in [3.05, 3.63) is 108 Å². The van der Waals surface area contributed by atoms with Crippen LogP contribution in [-0.4, -0.2) is 54.4 Å². The zero-order valence-electron chi connectivity index (χ0n) is 20.2. The van der Waals surface area contributed by atoms with Crippen LogP contribution < -0.4 is 0 Å². The molecule has 1 heterocycles. The van der Waals surface area contributed by atoms with Gasteiger partial charge in [-0.3, -0.25) is 0 Å². The number of aliphatic hydroxyl groups excluding tert-OH is 1. The minimum Gasteiger partial charge on any atom is -0.385 e. The van der Waals surface area contributed by atoms with Crippen LogP contribution in [0.3, 0.4) is 0 Å². The van der Waals surface area contributed by atoms with Gasteiger partial charge in [-0.15, -0.1) is 0 Å². The highest BCUT2D eigenvalue weighted by atomic mass is 79.9. The van der Waals surface area contributed by atoms with Gasteiger partial charge < -0.3 is 28.8 Å². The molecule has 1 saturated heterocycles. The van der Waals surface area contributed by atoms with Crippen LogP contribution in [0.4, 0.5) is 0 Å². The molecular weight excluding hydrogens is 524 g/mol. The van der Waals surface area contributed by atoms with Crippen LogP contribution in [0.15, 0.2) is 91.0 Å². The Morgan fingerprint density at radius 1 is 0.667 bits per heavy atom. The lowest BCUT2D eigenvalue weighted by atomic mass is 9.98. The first-order chi connectivity index (χ1) is 17.7. The molecule has 0 amide bonds. The van der Waals surface area contributed by atoms with Crippen LogP contribution in [0, 0.1) is 0 Å². The molecule has 0 aliphatic carbocycles. The Morgan fingerprint density at radius 2 is 1.17 bits per heavy atom. The molecule has 4 rings (SSSR count). The maximum Gasteiger partial charge on any atom is 0.186 e. The minimum absolute atomic E-state index is 0.264. The van der Waals surface area contributed by atoms with Crippen molar-refractivity contribution in [2.45, 2.75) is 50.5 Å². The van der Waals surface area contributed by atoms with E-state index in [0.717, 1.165) is 16.7 Å². The molecule has 5 atom stereocenters. The summed E-state index contributed by atoms with van der Waals surface area (Å²) in [5.74, 6) is 0. The number of halogens is 1. The molecule has 1 aliphatic rings. The van der Waals surface area contributed by atoms with Gasteiger partial charge in [0, 0.05) is 5.33 Å². The quantitative estimate of drug-likeness (QED) is 0.303. The first kappa shape index (κ1) is 26.9. The van der Waals surface area contributed by atoms with Gasteiger partial charge in [-0.05, 0) is 16.7 Å². The Balaban J connectivity index is 1.51. The lowest BCUT2D eigenvalue weighted by molar-refractivity contribution is -0.317. The van der Waals surface area contributed by atoms with Crippen molar-refractivity contribution in [2.75, 3.05) is 18.5 Å². The largest absolute Gasteiger partial charge is 0.385 e. The highest BCUT2D eigenvalue weighted by Gasteiger charge is 2.47. The van der Waals surface area contributed by atoms with Crippen LogP contribution in [0.5, 0.6) is 0 Å². The number of ether oxygens (including phenoxy) is 5. The van der Waals surface area contributed by atoms with Crippen molar-refractivity contribution in [1.29, 1.82) is 0 Å². The van der Waals surface area contributed by atoms with Crippen LogP contribution in [-0.2, 0) is 43.5 Å². The van der Waals surface area contributed by atoms with Crippen molar-refractivity contribution in [2.24, 2.45) is 0 Å². The van der Waals surface area contributed by atoms with Gasteiger partial charge >= 0.3 is 0 Å². The first-order valence-corrected chi connectivity index (χ1v) is 13.3. The van der Waals surface area contributed by atoms with Gasteiger partial charge in [0.2, 0.25) is 0 Å². The Kier molecular flexibility index (Phi) is 10.9. The zero-order valence-corrected chi connectivity index (χ0v) is 21.7. The van der Waals surface area contributed by atoms with Crippen LogP contribution >= 0.6 is 15.9 Å². The van der Waals surface area contributed by atoms with Crippen LogP contribution in [0.25, 0.3) is 0 Å². The second kappa shape index (κ2) is 14.6. The molecule has 36 heavy (non-hydrogen) atoms. The van der Waals surface area contributed by atoms with E-state index in [-0.39, 0.29) is 6.61 Å². The highest BCUT2D eigenvalue weighted by Crippen LogP contribution is 2.29. The second-order valence-corrected chi connectivity index (χ2v) is 9.41. The predicted molar refractivity (Wildman–Crippen MR) is 141 cm³/mol. The average molecular weight is 557 g/mol. The molecule has 1 aliphatic heterocycles. The Bertz CT molecular complexity index is 990. The summed E-state index contributed by atoms with van der Waals surface area (Å²) in [6.07, 6.45) is -3.62. The maximum atomic E-state index is 11.2. The van der Waals surface area contributed by atoms with Crippen molar-refractivity contribution >= 4 is 15.9 Å². The van der Waals surface area contributed by atoms with E-state index < -0.39 is 30.7 Å². The lowest BCUT2D eigenvalue weighted by Crippen LogP contribution is -2.61. The van der Waals surface area contributed by atoms with E-state index in [9.17, 15) is 5.11 Å². The number of hydrogen-bond donors (Lipinski definition) is 1. The molecule has 192 valence electrons. The fourth-order valence-electron chi connectivity index (χ4n) is 4.12. The molecule has 0 aromatic heterocycles. The van der Waals surface area contributed by atoms with Gasteiger partial charge in [-0.25, -0.2) is 0 Å². The number of hydrogen-bond acceptors (Lipinski definition) is 6. The third kappa shape index (κ3) is 7.95. The van der Waals surface area contributed by atoms with Gasteiger partial charge in [0.1, 0.15) is 24.4 Å². The van der Waals surface area contributed by atoms with Crippen LogP contribution in [0.2, 0.25) is 0 Å². The van der Waals surface area contributed by atoms with Gasteiger partial charge in [0.25, 0.3) is 0 Å². The molecular formula is C29H33BrO6. The van der Waals surface area contributed by atoms with E-state index in [2.05, 4.69) is 15.9 Å². The summed E-state index contributed by atoms with van der Waals surface area (Å²) in [5, 5.41) is 11.8. The van der Waals surface area contributed by atoms with E-state index in [1.807, 2.05) is 91.0 Å². The van der Waals surface area contributed by atoms with Gasteiger partial charge in [0.15, 0.2) is 6.29 Å². The molecule has 6 nitrogen and oxygen atoms in total. The number of benzene rings is 3. The van der Waals surface area contributed by atoms with Crippen LogP contribution in [0.1, 0.15) is 16.7 Å². The highest BCUT2D eigenvalue weighted by molar-refractivity contribution is 9.09. The third-order valence-electron chi connectivity index (χ3n) is 5.94. The third-order valence-corrected chi connectivity index (χ3v) is 6.26. The Labute approximate surface area is 221 Å². The predicted octanol–water partition coefficient (Wildman–Crippen LogP) is 4.87. The fourth-order valence-corrected chi connectivity index (χ4v) is 4.31. The number of rotatable bonds is 13. The van der Waals surface area contributed by atoms with E-state index in [0.29, 0.717) is 31.8 Å². The SMILES string of the molecule is OC1C(OCCBr)OC(COCc2ccccc2)C(OCc2ccccc2)C1OCc1ccccc1. The smallest absolute Gasteiger partial charge is 0.186 e. The molecule has 3 aromatic carbocycles. The molecule has 3 aromatic rings. The first-order valence-electron chi connectivity index (χ1n) is 12.2. The molecule has 7 heteroatoms. The molecule has 0 radical (unpaired) electrons. The normalized spacial score (nSPS) is 24.0. The van der Waals surface area contributed by atoms with Crippen molar-refractivity contribution < 1.29 is 28.8 Å². The maximum absolute atomic E-state index is 11.2. The summed E-state index contributed by atoms with van der Waals surface area (Å²) in [6, 6.07) is 29.8. The average Bonchev–Trinajstić information content (AvgIpc) is 2.93. The molecule has 1 fully saturated rings. The van der Waals surface area contributed by atoms with E-state index >= 15 is 0 Å². The Morgan fingerprint density at radius 3 is 1.69 bits per heavy atom. The standard InChI is InChI=1S/C29H33BrO6/c30-16-17-33-29-26(31)28(35-20-24-14-8-3-9-15-24)27(34-19-23-12-6-2-7-13-23)25(36-29)21-32-18-22-10-4-1-5-11-22/h1-15,25-29,31H,16-21H2. The fraction of sp³-hybridized carbons (Fsp3) is 0.379. The van der Waals surface area contributed by atoms with Gasteiger partial charge in [-0.2, -0.15) is 0 Å². The summed E-state index contributed by atoms with van der Waals surface area (Å²) < 4.78 is 30.7. The summed E-state index contributed by atoms with van der Waals surface area (Å²) in [7, 11) is 0. The monoisotopic (exact) mass is 556 g/mol. The second-order valence-electron chi connectivity index (χ2n) is 8.62.